The monoisotopic (exact) mass is 378 g/mol. The molecule has 2 aromatic rings. The van der Waals surface area contributed by atoms with Crippen molar-refractivity contribution in [2.24, 2.45) is 10.8 Å². The molecule has 28 heavy (non-hydrogen) atoms. The van der Waals surface area contributed by atoms with Crippen molar-refractivity contribution in [3.05, 3.63) is 84.4 Å². The molecule has 150 valence electrons. The summed E-state index contributed by atoms with van der Waals surface area (Å²) in [5.41, 5.74) is 2.67. The number of hydrogen-bond acceptors (Lipinski definition) is 2. The van der Waals surface area contributed by atoms with Gasteiger partial charge in [-0.1, -0.05) is 94.9 Å². The first kappa shape index (κ1) is 21.9. The van der Waals surface area contributed by atoms with Crippen LogP contribution in [0.4, 0.5) is 0 Å². The number of rotatable bonds is 10. The number of hydrogen-bond donors (Lipinski definition) is 0. The number of benzene rings is 2. The van der Waals surface area contributed by atoms with Crippen LogP contribution in [-0.4, -0.2) is 12.1 Å². The molecule has 0 aliphatic carbocycles. The Balaban J connectivity index is 2.09. The zero-order chi connectivity index (χ0) is 20.6. The molecule has 0 aliphatic heterocycles. The van der Waals surface area contributed by atoms with Crippen molar-refractivity contribution in [2.45, 2.75) is 59.5 Å². The van der Waals surface area contributed by atoms with E-state index in [0.717, 1.165) is 25.7 Å². The molecule has 0 spiro atoms. The molecule has 0 unspecified atom stereocenters. The Morgan fingerprint density at radius 1 is 0.857 bits per heavy atom. The number of esters is 1. The Kier molecular flexibility index (Phi) is 7.62. The number of carbonyl (C=O) groups excluding carboxylic acids is 1. The van der Waals surface area contributed by atoms with Gasteiger partial charge >= 0.3 is 5.97 Å². The Hall–Kier alpha value is -2.35. The maximum Gasteiger partial charge on any atom is 0.330 e. The SMILES string of the molecule is C=CC(=O)OC(CC(C)(C)Cc1ccccc1)CC(C)(C)Cc1ccccc1. The Morgan fingerprint density at radius 2 is 1.25 bits per heavy atom. The maximum atomic E-state index is 12.0. The van der Waals surface area contributed by atoms with Gasteiger partial charge in [0.25, 0.3) is 0 Å². The van der Waals surface area contributed by atoms with Crippen molar-refractivity contribution in [1.29, 1.82) is 0 Å². The van der Waals surface area contributed by atoms with Gasteiger partial charge < -0.3 is 4.74 Å². The second-order valence-corrected chi connectivity index (χ2v) is 9.32. The summed E-state index contributed by atoms with van der Waals surface area (Å²) in [5.74, 6) is -0.337. The van der Waals surface area contributed by atoms with E-state index in [4.69, 9.17) is 4.74 Å². The average molecular weight is 379 g/mol. The summed E-state index contributed by atoms with van der Waals surface area (Å²) in [6.45, 7) is 12.6. The molecule has 0 radical (unpaired) electrons. The van der Waals surface area contributed by atoms with E-state index >= 15 is 0 Å². The van der Waals surface area contributed by atoms with Crippen LogP contribution < -0.4 is 0 Å². The lowest BCUT2D eigenvalue weighted by Crippen LogP contribution is -2.32. The summed E-state index contributed by atoms with van der Waals surface area (Å²) < 4.78 is 5.79. The number of carbonyl (C=O) groups is 1. The van der Waals surface area contributed by atoms with Crippen molar-refractivity contribution < 1.29 is 9.53 Å². The Bertz CT molecular complexity index is 689. The van der Waals surface area contributed by atoms with Crippen LogP contribution in [-0.2, 0) is 22.4 Å². The van der Waals surface area contributed by atoms with Crippen LogP contribution in [0.25, 0.3) is 0 Å². The van der Waals surface area contributed by atoms with E-state index in [1.165, 1.54) is 17.2 Å². The molecule has 2 nitrogen and oxygen atoms in total. The highest BCUT2D eigenvalue weighted by atomic mass is 16.5. The molecule has 2 heteroatoms. The van der Waals surface area contributed by atoms with Crippen LogP contribution in [0.3, 0.4) is 0 Å². The minimum Gasteiger partial charge on any atom is -0.459 e. The molecule has 0 aromatic heterocycles. The van der Waals surface area contributed by atoms with Crippen LogP contribution >= 0.6 is 0 Å². The third-order valence-corrected chi connectivity index (χ3v) is 5.06. The fourth-order valence-corrected chi connectivity index (χ4v) is 4.04. The van der Waals surface area contributed by atoms with Gasteiger partial charge in [-0.2, -0.15) is 0 Å². The normalized spacial score (nSPS) is 12.0. The van der Waals surface area contributed by atoms with Gasteiger partial charge in [0.1, 0.15) is 6.10 Å². The molecule has 0 N–H and O–H groups in total. The summed E-state index contributed by atoms with van der Waals surface area (Å²) in [6.07, 6.45) is 4.67. The van der Waals surface area contributed by atoms with E-state index in [2.05, 4.69) is 82.8 Å². The van der Waals surface area contributed by atoms with Gasteiger partial charge in [0.15, 0.2) is 0 Å². The Labute approximate surface area is 170 Å². The maximum absolute atomic E-state index is 12.0. The molecule has 2 aromatic carbocycles. The molecule has 0 bridgehead atoms. The smallest absolute Gasteiger partial charge is 0.330 e. The van der Waals surface area contributed by atoms with Gasteiger partial charge in [-0.15, -0.1) is 0 Å². The van der Waals surface area contributed by atoms with Crippen molar-refractivity contribution in [3.8, 4) is 0 Å². The second kappa shape index (κ2) is 9.73. The standard InChI is InChI=1S/C26H34O2/c1-6-24(27)28-23(19-25(2,3)17-21-13-9-7-10-14-21)20-26(4,5)18-22-15-11-8-12-16-22/h6-16,23H,1,17-20H2,2-5H3. The quantitative estimate of drug-likeness (QED) is 0.353. The molecule has 0 fully saturated rings. The van der Waals surface area contributed by atoms with Crippen molar-refractivity contribution >= 4 is 5.97 Å². The van der Waals surface area contributed by atoms with E-state index < -0.39 is 0 Å². The van der Waals surface area contributed by atoms with Gasteiger partial charge in [0.2, 0.25) is 0 Å². The van der Waals surface area contributed by atoms with Crippen LogP contribution in [0.2, 0.25) is 0 Å². The van der Waals surface area contributed by atoms with E-state index in [0.29, 0.717) is 0 Å². The minimum atomic E-state index is -0.337. The van der Waals surface area contributed by atoms with E-state index in [1.807, 2.05) is 12.1 Å². The van der Waals surface area contributed by atoms with E-state index in [-0.39, 0.29) is 22.9 Å². The highest BCUT2D eigenvalue weighted by Gasteiger charge is 2.31. The number of ether oxygens (including phenoxy) is 1. The highest BCUT2D eigenvalue weighted by Crippen LogP contribution is 2.35. The van der Waals surface area contributed by atoms with Crippen molar-refractivity contribution in [3.63, 3.8) is 0 Å². The fraction of sp³-hybridized carbons (Fsp3) is 0.423. The van der Waals surface area contributed by atoms with Gasteiger partial charge in [-0.25, -0.2) is 4.79 Å². The lowest BCUT2D eigenvalue weighted by Gasteiger charge is -2.34. The summed E-state index contributed by atoms with van der Waals surface area (Å²) in [4.78, 5) is 12.0. The molecule has 0 saturated heterocycles. The van der Waals surface area contributed by atoms with Gasteiger partial charge in [-0.05, 0) is 47.6 Å². The zero-order valence-electron chi connectivity index (χ0n) is 17.8. The molecule has 0 atom stereocenters. The molecule has 0 aliphatic rings. The minimum absolute atomic E-state index is 0.0241. The van der Waals surface area contributed by atoms with E-state index in [9.17, 15) is 4.79 Å². The van der Waals surface area contributed by atoms with Gasteiger partial charge in [0.05, 0.1) is 0 Å². The largest absolute Gasteiger partial charge is 0.459 e. The third kappa shape index (κ3) is 7.72. The van der Waals surface area contributed by atoms with Crippen LogP contribution in [0, 0.1) is 10.8 Å². The molecular weight excluding hydrogens is 344 g/mol. The first-order valence-electron chi connectivity index (χ1n) is 10.1. The fourth-order valence-electron chi connectivity index (χ4n) is 4.04. The third-order valence-electron chi connectivity index (χ3n) is 5.06. The Morgan fingerprint density at radius 3 is 1.61 bits per heavy atom. The van der Waals surface area contributed by atoms with Crippen LogP contribution in [0.1, 0.15) is 51.7 Å². The van der Waals surface area contributed by atoms with Crippen molar-refractivity contribution in [1.82, 2.24) is 0 Å². The second-order valence-electron chi connectivity index (χ2n) is 9.32. The molecule has 2 rings (SSSR count). The van der Waals surface area contributed by atoms with E-state index in [1.54, 1.807) is 0 Å². The lowest BCUT2D eigenvalue weighted by atomic mass is 9.75. The summed E-state index contributed by atoms with van der Waals surface area (Å²) in [7, 11) is 0. The molecule has 0 amide bonds. The van der Waals surface area contributed by atoms with Crippen LogP contribution in [0.15, 0.2) is 73.3 Å². The summed E-state index contributed by atoms with van der Waals surface area (Å²) in [5, 5.41) is 0. The predicted molar refractivity (Wildman–Crippen MR) is 117 cm³/mol. The van der Waals surface area contributed by atoms with Gasteiger partial charge in [0, 0.05) is 6.08 Å². The average Bonchev–Trinajstić information content (AvgIpc) is 2.61. The first-order chi connectivity index (χ1) is 13.2. The molecule has 0 saturated carbocycles. The zero-order valence-corrected chi connectivity index (χ0v) is 17.8. The highest BCUT2D eigenvalue weighted by molar-refractivity contribution is 5.81. The lowest BCUT2D eigenvalue weighted by molar-refractivity contribution is -0.146. The van der Waals surface area contributed by atoms with Gasteiger partial charge in [-0.3, -0.25) is 0 Å². The van der Waals surface area contributed by atoms with Crippen molar-refractivity contribution in [2.75, 3.05) is 0 Å². The molecular formula is C26H34O2. The molecule has 0 heterocycles. The predicted octanol–water partition coefficient (Wildman–Crippen LogP) is 6.40. The summed E-state index contributed by atoms with van der Waals surface area (Å²) >= 11 is 0. The first-order valence-corrected chi connectivity index (χ1v) is 10.1. The van der Waals surface area contributed by atoms with Crippen LogP contribution in [0.5, 0.6) is 0 Å². The summed E-state index contributed by atoms with van der Waals surface area (Å²) in [6, 6.07) is 21.0. The topological polar surface area (TPSA) is 26.3 Å².